The third kappa shape index (κ3) is 4.40. The largest absolute Gasteiger partial charge is 0.294 e. The summed E-state index contributed by atoms with van der Waals surface area (Å²) in [6.45, 7) is 9.89. The molecule has 80 valence electrons. The lowest BCUT2D eigenvalue weighted by Gasteiger charge is -2.16. The summed E-state index contributed by atoms with van der Waals surface area (Å²) in [5, 5.41) is 0. The van der Waals surface area contributed by atoms with Gasteiger partial charge in [0.25, 0.3) is 0 Å². The zero-order valence-corrected chi connectivity index (χ0v) is 10.1. The first kappa shape index (κ1) is 13.2. The lowest BCUT2D eigenvalue weighted by atomic mass is 9.86. The molecule has 0 aliphatic carbocycles. The number of hydrogen-bond donors (Lipinski definition) is 0. The van der Waals surface area contributed by atoms with E-state index < -0.39 is 0 Å². The van der Waals surface area contributed by atoms with Crippen LogP contribution in [0.15, 0.2) is 23.8 Å². The smallest absolute Gasteiger partial charge is 0.167 e. The van der Waals surface area contributed by atoms with E-state index in [1.807, 2.05) is 39.8 Å². The maximum atomic E-state index is 11.9. The number of unbranched alkanes of at least 4 members (excludes halogenated alkanes) is 1. The second kappa shape index (κ2) is 5.79. The van der Waals surface area contributed by atoms with Crippen LogP contribution in [-0.2, 0) is 4.79 Å². The molecular formula is C13H22O. The Balaban J connectivity index is 4.53. The predicted octanol–water partition coefficient (Wildman–Crippen LogP) is 3.90. The Labute approximate surface area is 87.9 Å². The molecule has 0 aromatic heterocycles. The summed E-state index contributed by atoms with van der Waals surface area (Å²) in [6, 6.07) is 0. The first-order valence-corrected chi connectivity index (χ1v) is 5.31. The van der Waals surface area contributed by atoms with Crippen LogP contribution in [0.1, 0.15) is 47.5 Å². The number of ketones is 1. The van der Waals surface area contributed by atoms with Crippen LogP contribution >= 0.6 is 0 Å². The molecule has 0 atom stereocenters. The quantitative estimate of drug-likeness (QED) is 0.490. The van der Waals surface area contributed by atoms with Crippen molar-refractivity contribution in [1.29, 1.82) is 0 Å². The third-order valence-corrected chi connectivity index (χ3v) is 2.01. The van der Waals surface area contributed by atoms with Crippen LogP contribution in [0.2, 0.25) is 0 Å². The Kier molecular flexibility index (Phi) is 5.44. The molecule has 0 saturated carbocycles. The molecule has 0 aromatic rings. The summed E-state index contributed by atoms with van der Waals surface area (Å²) in [5.74, 6) is 0.215. The molecule has 1 heteroatoms. The minimum Gasteiger partial charge on any atom is -0.294 e. The molecular weight excluding hydrogens is 172 g/mol. The Bertz CT molecular complexity index is 238. The number of allylic oxidation sites excluding steroid dienone is 4. The topological polar surface area (TPSA) is 17.1 Å². The van der Waals surface area contributed by atoms with E-state index in [1.165, 1.54) is 0 Å². The fraction of sp³-hybridized carbons (Fsp3) is 0.615. The average molecular weight is 194 g/mol. The molecule has 0 aromatic carbocycles. The number of hydrogen-bond acceptors (Lipinski definition) is 1. The van der Waals surface area contributed by atoms with Crippen molar-refractivity contribution in [3.63, 3.8) is 0 Å². The second-order valence-electron chi connectivity index (χ2n) is 4.51. The Morgan fingerprint density at radius 2 is 1.86 bits per heavy atom. The maximum Gasteiger partial charge on any atom is 0.167 e. The number of Topliss-reactive ketones (excluding diaryl/α,β-unsaturated/α-hetero) is 1. The molecule has 0 heterocycles. The van der Waals surface area contributed by atoms with Crippen LogP contribution < -0.4 is 0 Å². The van der Waals surface area contributed by atoms with Gasteiger partial charge in [0, 0.05) is 11.0 Å². The van der Waals surface area contributed by atoms with Crippen LogP contribution in [0.25, 0.3) is 0 Å². The van der Waals surface area contributed by atoms with Gasteiger partial charge in [0.2, 0.25) is 0 Å². The van der Waals surface area contributed by atoms with E-state index in [4.69, 9.17) is 0 Å². The zero-order valence-electron chi connectivity index (χ0n) is 10.1. The fourth-order valence-electron chi connectivity index (χ4n) is 1.11. The first-order chi connectivity index (χ1) is 6.43. The third-order valence-electron chi connectivity index (χ3n) is 2.01. The Hall–Kier alpha value is -0.850. The summed E-state index contributed by atoms with van der Waals surface area (Å²) in [6.07, 6.45) is 8.06. The fourth-order valence-corrected chi connectivity index (χ4v) is 1.11. The van der Waals surface area contributed by atoms with Gasteiger partial charge >= 0.3 is 0 Å². The summed E-state index contributed by atoms with van der Waals surface area (Å²) in [5.41, 5.74) is 0.546. The highest BCUT2D eigenvalue weighted by Crippen LogP contribution is 2.20. The zero-order chi connectivity index (χ0) is 11.2. The number of rotatable bonds is 4. The second-order valence-corrected chi connectivity index (χ2v) is 4.51. The summed E-state index contributed by atoms with van der Waals surface area (Å²) >= 11 is 0. The molecule has 0 amide bonds. The maximum absolute atomic E-state index is 11.9. The molecule has 0 rings (SSSR count). The van der Waals surface area contributed by atoms with Crippen molar-refractivity contribution >= 4 is 5.78 Å². The van der Waals surface area contributed by atoms with Gasteiger partial charge in [-0.1, -0.05) is 52.3 Å². The molecule has 0 spiro atoms. The monoisotopic (exact) mass is 194 g/mol. The molecule has 0 N–H and O–H groups in total. The molecule has 0 fully saturated rings. The highest BCUT2D eigenvalue weighted by Gasteiger charge is 2.22. The van der Waals surface area contributed by atoms with Crippen LogP contribution in [-0.4, -0.2) is 5.78 Å². The van der Waals surface area contributed by atoms with E-state index in [-0.39, 0.29) is 11.2 Å². The highest BCUT2D eigenvalue weighted by molar-refractivity contribution is 6.01. The first-order valence-electron chi connectivity index (χ1n) is 5.31. The van der Waals surface area contributed by atoms with Crippen molar-refractivity contribution in [1.82, 2.24) is 0 Å². The van der Waals surface area contributed by atoms with E-state index in [2.05, 4.69) is 13.0 Å². The molecule has 0 radical (unpaired) electrons. The molecule has 14 heavy (non-hydrogen) atoms. The van der Waals surface area contributed by atoms with Crippen molar-refractivity contribution in [2.75, 3.05) is 0 Å². The average Bonchev–Trinajstić information content (AvgIpc) is 2.10. The summed E-state index contributed by atoms with van der Waals surface area (Å²) in [4.78, 5) is 11.9. The van der Waals surface area contributed by atoms with Crippen molar-refractivity contribution in [2.45, 2.75) is 47.5 Å². The van der Waals surface area contributed by atoms with Crippen LogP contribution in [0, 0.1) is 5.41 Å². The Morgan fingerprint density at radius 3 is 2.21 bits per heavy atom. The predicted molar refractivity (Wildman–Crippen MR) is 62.3 cm³/mol. The minimum atomic E-state index is -0.279. The van der Waals surface area contributed by atoms with Crippen molar-refractivity contribution in [3.8, 4) is 0 Å². The molecule has 0 aliphatic rings. The summed E-state index contributed by atoms with van der Waals surface area (Å²) in [7, 11) is 0. The van der Waals surface area contributed by atoms with E-state index >= 15 is 0 Å². The molecule has 0 saturated heterocycles. The van der Waals surface area contributed by atoms with E-state index in [9.17, 15) is 4.79 Å². The minimum absolute atomic E-state index is 0.215. The Morgan fingerprint density at radius 1 is 1.29 bits per heavy atom. The number of carbonyl (C=O) groups is 1. The number of carbonyl (C=O) groups excluding carboxylic acids is 1. The van der Waals surface area contributed by atoms with Crippen molar-refractivity contribution in [3.05, 3.63) is 23.8 Å². The van der Waals surface area contributed by atoms with Crippen LogP contribution in [0.3, 0.4) is 0 Å². The van der Waals surface area contributed by atoms with E-state index in [1.54, 1.807) is 0 Å². The molecule has 0 aliphatic heterocycles. The van der Waals surface area contributed by atoms with Crippen molar-refractivity contribution < 1.29 is 4.79 Å². The van der Waals surface area contributed by atoms with Gasteiger partial charge in [-0.3, -0.25) is 4.79 Å². The van der Waals surface area contributed by atoms with Crippen molar-refractivity contribution in [2.24, 2.45) is 5.41 Å². The van der Waals surface area contributed by atoms with Gasteiger partial charge in [-0.05, 0) is 13.3 Å². The van der Waals surface area contributed by atoms with Gasteiger partial charge in [0.15, 0.2) is 5.78 Å². The lowest BCUT2D eigenvalue weighted by Crippen LogP contribution is -2.21. The standard InChI is InChI=1S/C13H22O/c1-6-8-9-10-11(7-2)12(14)13(3,4)5/h7,9-10H,6,8H2,1-5H3/b10-9-,11-7+. The van der Waals surface area contributed by atoms with Gasteiger partial charge in [-0.15, -0.1) is 0 Å². The van der Waals surface area contributed by atoms with Crippen LogP contribution in [0.5, 0.6) is 0 Å². The lowest BCUT2D eigenvalue weighted by molar-refractivity contribution is -0.122. The van der Waals surface area contributed by atoms with Gasteiger partial charge < -0.3 is 0 Å². The molecule has 0 bridgehead atoms. The van der Waals surface area contributed by atoms with Crippen LogP contribution in [0.4, 0.5) is 0 Å². The normalized spacial score (nSPS) is 13.6. The van der Waals surface area contributed by atoms with E-state index in [0.29, 0.717) is 0 Å². The molecule has 0 unspecified atom stereocenters. The van der Waals surface area contributed by atoms with Gasteiger partial charge in [0.1, 0.15) is 0 Å². The van der Waals surface area contributed by atoms with E-state index in [0.717, 1.165) is 18.4 Å². The van der Waals surface area contributed by atoms with Gasteiger partial charge in [-0.25, -0.2) is 0 Å². The highest BCUT2D eigenvalue weighted by atomic mass is 16.1. The summed E-state index contributed by atoms with van der Waals surface area (Å²) < 4.78 is 0. The van der Waals surface area contributed by atoms with Gasteiger partial charge in [0.05, 0.1) is 0 Å². The SMILES string of the molecule is C/C=C(\C=C/CCC)C(=O)C(C)(C)C. The molecule has 1 nitrogen and oxygen atoms in total. The van der Waals surface area contributed by atoms with Gasteiger partial charge in [-0.2, -0.15) is 0 Å².